The number of ether oxygens (including phenoxy) is 1. The van der Waals surface area contributed by atoms with Gasteiger partial charge in [0.25, 0.3) is 0 Å². The first-order chi connectivity index (χ1) is 8.66. The Morgan fingerprint density at radius 2 is 2.33 bits per heavy atom. The normalized spacial score (nSPS) is 12.1. The lowest BCUT2D eigenvalue weighted by atomic mass is 10.1. The Kier molecular flexibility index (Phi) is 3.57. The standard InChI is InChI=1S/C12H13N3O3/c1-8(12(13)16)10-3-2-9(6-15-10)18-7-11-14-4-5-17-11/h2-6,8H,7H2,1H3,(H2,13,16). The number of hydrogen-bond donors (Lipinski definition) is 1. The Labute approximate surface area is 104 Å². The van der Waals surface area contributed by atoms with E-state index in [1.807, 2.05) is 0 Å². The first-order valence-electron chi connectivity index (χ1n) is 5.43. The fourth-order valence-electron chi connectivity index (χ4n) is 1.35. The molecule has 0 aliphatic carbocycles. The van der Waals surface area contributed by atoms with Crippen molar-refractivity contribution in [2.24, 2.45) is 5.73 Å². The van der Waals surface area contributed by atoms with Crippen molar-refractivity contribution < 1.29 is 13.9 Å². The van der Waals surface area contributed by atoms with Gasteiger partial charge in [-0.2, -0.15) is 0 Å². The fourth-order valence-corrected chi connectivity index (χ4v) is 1.35. The lowest BCUT2D eigenvalue weighted by Crippen LogP contribution is -2.19. The van der Waals surface area contributed by atoms with Crippen LogP contribution in [0.4, 0.5) is 0 Å². The van der Waals surface area contributed by atoms with Crippen LogP contribution in [0.15, 0.2) is 35.2 Å². The lowest BCUT2D eigenvalue weighted by Gasteiger charge is -2.07. The average molecular weight is 247 g/mol. The van der Waals surface area contributed by atoms with Gasteiger partial charge in [-0.1, -0.05) is 0 Å². The monoisotopic (exact) mass is 247 g/mol. The van der Waals surface area contributed by atoms with Crippen molar-refractivity contribution >= 4 is 5.91 Å². The van der Waals surface area contributed by atoms with E-state index in [2.05, 4.69) is 9.97 Å². The van der Waals surface area contributed by atoms with Crippen molar-refractivity contribution in [3.8, 4) is 5.75 Å². The third-order valence-corrected chi connectivity index (χ3v) is 2.48. The SMILES string of the molecule is CC(C(N)=O)c1ccc(OCc2ncco2)cn1. The van der Waals surface area contributed by atoms with Crippen LogP contribution in [0, 0.1) is 0 Å². The highest BCUT2D eigenvalue weighted by atomic mass is 16.5. The quantitative estimate of drug-likeness (QED) is 0.858. The van der Waals surface area contributed by atoms with Gasteiger partial charge in [0.05, 0.1) is 24.0 Å². The Hall–Kier alpha value is -2.37. The molecule has 2 heterocycles. The van der Waals surface area contributed by atoms with Gasteiger partial charge in [-0.05, 0) is 19.1 Å². The van der Waals surface area contributed by atoms with Crippen molar-refractivity contribution in [2.45, 2.75) is 19.4 Å². The van der Waals surface area contributed by atoms with Gasteiger partial charge in [0.2, 0.25) is 11.8 Å². The van der Waals surface area contributed by atoms with E-state index in [4.69, 9.17) is 14.9 Å². The van der Waals surface area contributed by atoms with Gasteiger partial charge in [0.1, 0.15) is 12.0 Å². The van der Waals surface area contributed by atoms with Crippen molar-refractivity contribution in [1.29, 1.82) is 0 Å². The summed E-state index contributed by atoms with van der Waals surface area (Å²) in [6, 6.07) is 3.44. The molecule has 0 radical (unpaired) electrons. The Morgan fingerprint density at radius 1 is 1.50 bits per heavy atom. The summed E-state index contributed by atoms with van der Waals surface area (Å²) < 4.78 is 10.4. The molecule has 6 heteroatoms. The van der Waals surface area contributed by atoms with Gasteiger partial charge >= 0.3 is 0 Å². The molecule has 0 aromatic carbocycles. The number of rotatable bonds is 5. The summed E-state index contributed by atoms with van der Waals surface area (Å²) in [6.07, 6.45) is 4.57. The molecular weight excluding hydrogens is 234 g/mol. The number of oxazole rings is 1. The topological polar surface area (TPSA) is 91.2 Å². The van der Waals surface area contributed by atoms with Crippen LogP contribution in [0.5, 0.6) is 5.75 Å². The van der Waals surface area contributed by atoms with Gasteiger partial charge in [-0.15, -0.1) is 0 Å². The molecule has 1 amide bonds. The maximum Gasteiger partial charge on any atom is 0.232 e. The predicted molar refractivity (Wildman–Crippen MR) is 62.7 cm³/mol. The van der Waals surface area contributed by atoms with Crippen molar-refractivity contribution in [3.63, 3.8) is 0 Å². The van der Waals surface area contributed by atoms with Crippen molar-refractivity contribution in [3.05, 3.63) is 42.4 Å². The molecule has 1 atom stereocenters. The molecule has 0 bridgehead atoms. The van der Waals surface area contributed by atoms with Crippen LogP contribution in [-0.4, -0.2) is 15.9 Å². The summed E-state index contributed by atoms with van der Waals surface area (Å²) >= 11 is 0. The second kappa shape index (κ2) is 5.31. The van der Waals surface area contributed by atoms with Crippen LogP contribution < -0.4 is 10.5 Å². The fraction of sp³-hybridized carbons (Fsp3) is 0.250. The number of nitrogens with two attached hydrogens (primary N) is 1. The lowest BCUT2D eigenvalue weighted by molar-refractivity contribution is -0.119. The molecule has 0 spiro atoms. The van der Waals surface area contributed by atoms with E-state index in [-0.39, 0.29) is 6.61 Å². The highest BCUT2D eigenvalue weighted by Gasteiger charge is 2.12. The van der Waals surface area contributed by atoms with Gasteiger partial charge in [-0.3, -0.25) is 9.78 Å². The molecule has 0 saturated heterocycles. The van der Waals surface area contributed by atoms with Crippen molar-refractivity contribution in [1.82, 2.24) is 9.97 Å². The molecule has 0 aliphatic rings. The maximum atomic E-state index is 11.0. The third-order valence-electron chi connectivity index (χ3n) is 2.48. The second-order valence-electron chi connectivity index (χ2n) is 3.76. The molecule has 2 aromatic rings. The van der Waals surface area contributed by atoms with Crippen LogP contribution in [0.1, 0.15) is 24.4 Å². The summed E-state index contributed by atoms with van der Waals surface area (Å²) in [5, 5.41) is 0. The zero-order valence-corrected chi connectivity index (χ0v) is 9.87. The second-order valence-corrected chi connectivity index (χ2v) is 3.76. The molecule has 18 heavy (non-hydrogen) atoms. The number of pyridine rings is 1. The molecule has 0 fully saturated rings. The van der Waals surface area contributed by atoms with Gasteiger partial charge in [0.15, 0.2) is 6.61 Å². The third kappa shape index (κ3) is 2.85. The van der Waals surface area contributed by atoms with E-state index >= 15 is 0 Å². The smallest absolute Gasteiger partial charge is 0.232 e. The molecular formula is C12H13N3O3. The summed E-state index contributed by atoms with van der Waals surface area (Å²) in [4.78, 5) is 19.0. The van der Waals surface area contributed by atoms with Crippen LogP contribution in [0.2, 0.25) is 0 Å². The van der Waals surface area contributed by atoms with Gasteiger partial charge in [-0.25, -0.2) is 4.98 Å². The van der Waals surface area contributed by atoms with Crippen LogP contribution in [0.25, 0.3) is 0 Å². The molecule has 6 nitrogen and oxygen atoms in total. The minimum Gasteiger partial charge on any atom is -0.482 e. The van der Waals surface area contributed by atoms with Crippen LogP contribution in [-0.2, 0) is 11.4 Å². The molecule has 0 aliphatic heterocycles. The van der Waals surface area contributed by atoms with E-state index in [0.717, 1.165) is 0 Å². The van der Waals surface area contributed by atoms with E-state index in [1.165, 1.54) is 12.5 Å². The number of primary amides is 1. The van der Waals surface area contributed by atoms with E-state index in [0.29, 0.717) is 17.3 Å². The Balaban J connectivity index is 1.97. The first-order valence-corrected chi connectivity index (χ1v) is 5.43. The summed E-state index contributed by atoms with van der Waals surface area (Å²) in [5.41, 5.74) is 5.81. The van der Waals surface area contributed by atoms with E-state index in [1.54, 1.807) is 25.3 Å². The highest BCUT2D eigenvalue weighted by molar-refractivity contribution is 5.80. The van der Waals surface area contributed by atoms with Crippen molar-refractivity contribution in [2.75, 3.05) is 0 Å². The summed E-state index contributed by atoms with van der Waals surface area (Å²) in [6.45, 7) is 1.94. The number of nitrogens with zero attached hydrogens (tertiary/aromatic N) is 2. The zero-order valence-electron chi connectivity index (χ0n) is 9.87. The number of aromatic nitrogens is 2. The molecule has 2 N–H and O–H groups in total. The van der Waals surface area contributed by atoms with Gasteiger partial charge < -0.3 is 14.9 Å². The maximum absolute atomic E-state index is 11.0. The highest BCUT2D eigenvalue weighted by Crippen LogP contribution is 2.16. The molecule has 94 valence electrons. The van der Waals surface area contributed by atoms with Crippen LogP contribution >= 0.6 is 0 Å². The largest absolute Gasteiger partial charge is 0.482 e. The number of carbonyl (C=O) groups is 1. The summed E-state index contributed by atoms with van der Waals surface area (Å²) in [7, 11) is 0. The van der Waals surface area contributed by atoms with E-state index < -0.39 is 11.8 Å². The summed E-state index contributed by atoms with van der Waals surface area (Å²) in [5.74, 6) is 0.250. The molecule has 2 rings (SSSR count). The van der Waals surface area contributed by atoms with E-state index in [9.17, 15) is 4.79 Å². The number of amides is 1. The minimum atomic E-state index is -0.411. The minimum absolute atomic E-state index is 0.236. The molecule has 0 saturated carbocycles. The molecule has 1 unspecified atom stereocenters. The Bertz CT molecular complexity index is 508. The number of carbonyl (C=O) groups excluding carboxylic acids is 1. The Morgan fingerprint density at radius 3 is 2.89 bits per heavy atom. The zero-order chi connectivity index (χ0) is 13.0. The first kappa shape index (κ1) is 12.1. The van der Waals surface area contributed by atoms with Crippen LogP contribution in [0.3, 0.4) is 0 Å². The molecule has 2 aromatic heterocycles. The van der Waals surface area contributed by atoms with Gasteiger partial charge in [0, 0.05) is 0 Å². The average Bonchev–Trinajstić information content (AvgIpc) is 2.89. The predicted octanol–water partition coefficient (Wildman–Crippen LogP) is 1.24. The number of hydrogen-bond acceptors (Lipinski definition) is 5.